The molecular formula is C42H53N5O4. The van der Waals surface area contributed by atoms with E-state index in [4.69, 9.17) is 24.2 Å². The normalized spacial score (nSPS) is 18.3. The van der Waals surface area contributed by atoms with Crippen LogP contribution in [0.4, 0.5) is 10.5 Å². The minimum Gasteiger partial charge on any atom is -0.473 e. The van der Waals surface area contributed by atoms with Gasteiger partial charge in [-0.05, 0) is 102 Å². The van der Waals surface area contributed by atoms with Crippen LogP contribution in [0.25, 0.3) is 11.3 Å². The van der Waals surface area contributed by atoms with Crippen LogP contribution in [-0.4, -0.2) is 65.3 Å². The van der Waals surface area contributed by atoms with Crippen LogP contribution in [0.5, 0.6) is 11.8 Å². The van der Waals surface area contributed by atoms with Crippen molar-refractivity contribution in [3.05, 3.63) is 102 Å². The molecule has 51 heavy (non-hydrogen) atoms. The molecule has 4 aromatic rings. The quantitative estimate of drug-likeness (QED) is 0.159. The molecule has 1 amide bonds. The second-order valence-electron chi connectivity index (χ2n) is 15.0. The van der Waals surface area contributed by atoms with Gasteiger partial charge in [-0.25, -0.2) is 4.79 Å². The number of aromatic nitrogens is 2. The Hall–Kier alpha value is -4.63. The van der Waals surface area contributed by atoms with Crippen molar-refractivity contribution in [2.24, 2.45) is 5.92 Å². The largest absolute Gasteiger partial charge is 0.473 e. The highest BCUT2D eigenvalue weighted by molar-refractivity contribution is 5.68. The summed E-state index contributed by atoms with van der Waals surface area (Å²) in [5.74, 6) is 1.69. The van der Waals surface area contributed by atoms with Crippen LogP contribution in [-0.2, 0) is 18.0 Å². The zero-order chi connectivity index (χ0) is 35.6. The molecule has 9 heteroatoms. The van der Waals surface area contributed by atoms with E-state index in [-0.39, 0.29) is 12.1 Å². The second kappa shape index (κ2) is 17.1. The predicted molar refractivity (Wildman–Crippen MR) is 202 cm³/mol. The smallest absolute Gasteiger partial charge is 0.407 e. The lowest BCUT2D eigenvalue weighted by Gasteiger charge is -2.39. The van der Waals surface area contributed by atoms with Crippen molar-refractivity contribution in [1.82, 2.24) is 20.2 Å². The van der Waals surface area contributed by atoms with Crippen molar-refractivity contribution in [3.8, 4) is 23.0 Å². The van der Waals surface area contributed by atoms with Crippen molar-refractivity contribution in [2.75, 3.05) is 31.6 Å². The molecule has 0 atom stereocenters. The van der Waals surface area contributed by atoms with Crippen molar-refractivity contribution >= 4 is 11.8 Å². The first-order chi connectivity index (χ1) is 24.7. The maximum Gasteiger partial charge on any atom is 0.407 e. The lowest BCUT2D eigenvalue weighted by Crippen LogP contribution is -2.46. The van der Waals surface area contributed by atoms with Crippen LogP contribution in [0.2, 0.25) is 0 Å². The summed E-state index contributed by atoms with van der Waals surface area (Å²) in [6, 6.07) is 29.1. The SMILES string of the molecule is CN(CC1CCN(c2ccc(-c3ccc(OCc4ccccc4)nc3OCc3ccccc3)nc2)CC1)C1CCC(NC(=O)OC(C)(C)C)CC1. The molecule has 270 valence electrons. The molecule has 2 aliphatic rings. The summed E-state index contributed by atoms with van der Waals surface area (Å²) in [4.78, 5) is 26.9. The fourth-order valence-electron chi connectivity index (χ4n) is 7.06. The lowest BCUT2D eigenvalue weighted by molar-refractivity contribution is 0.0478. The van der Waals surface area contributed by atoms with Crippen LogP contribution in [0.15, 0.2) is 91.1 Å². The van der Waals surface area contributed by atoms with Gasteiger partial charge in [-0.1, -0.05) is 60.7 Å². The Balaban J connectivity index is 1.01. The van der Waals surface area contributed by atoms with Crippen LogP contribution in [0.3, 0.4) is 0 Å². The van der Waals surface area contributed by atoms with Gasteiger partial charge in [0.05, 0.1) is 23.1 Å². The molecule has 1 N–H and O–H groups in total. The fraction of sp³-hybridized carbons (Fsp3) is 0.452. The summed E-state index contributed by atoms with van der Waals surface area (Å²) < 4.78 is 17.8. The summed E-state index contributed by atoms with van der Waals surface area (Å²) in [7, 11) is 2.27. The summed E-state index contributed by atoms with van der Waals surface area (Å²) in [6.45, 7) is 9.69. The molecule has 3 heterocycles. The number of carbonyl (C=O) groups excluding carboxylic acids is 1. The van der Waals surface area contributed by atoms with Crippen LogP contribution in [0, 0.1) is 5.92 Å². The number of nitrogens with one attached hydrogen (secondary N) is 1. The maximum atomic E-state index is 12.2. The zero-order valence-corrected chi connectivity index (χ0v) is 30.6. The molecule has 0 spiro atoms. The number of rotatable bonds is 12. The minimum absolute atomic E-state index is 0.204. The van der Waals surface area contributed by atoms with Gasteiger partial charge in [0.25, 0.3) is 0 Å². The second-order valence-corrected chi connectivity index (χ2v) is 15.0. The van der Waals surface area contributed by atoms with Crippen LogP contribution < -0.4 is 19.7 Å². The van der Waals surface area contributed by atoms with Gasteiger partial charge >= 0.3 is 6.09 Å². The first-order valence-corrected chi connectivity index (χ1v) is 18.4. The Morgan fingerprint density at radius 1 is 0.824 bits per heavy atom. The van der Waals surface area contributed by atoms with Gasteiger partial charge in [-0.3, -0.25) is 4.98 Å². The van der Waals surface area contributed by atoms with E-state index in [1.54, 1.807) is 0 Å². The number of pyridine rings is 2. The number of piperidine rings is 1. The number of anilines is 1. The molecule has 0 bridgehead atoms. The van der Waals surface area contributed by atoms with Gasteiger partial charge < -0.3 is 29.3 Å². The topological polar surface area (TPSA) is 89.0 Å². The number of benzene rings is 2. The minimum atomic E-state index is -0.469. The van der Waals surface area contributed by atoms with Gasteiger partial charge in [0.15, 0.2) is 0 Å². The van der Waals surface area contributed by atoms with E-state index in [2.05, 4.69) is 34.3 Å². The van der Waals surface area contributed by atoms with Crippen molar-refractivity contribution < 1.29 is 19.0 Å². The highest BCUT2D eigenvalue weighted by atomic mass is 16.6. The van der Waals surface area contributed by atoms with Crippen LogP contribution >= 0.6 is 0 Å². The monoisotopic (exact) mass is 691 g/mol. The van der Waals surface area contributed by atoms with E-state index in [1.807, 2.05) is 99.8 Å². The van der Waals surface area contributed by atoms with Gasteiger partial charge in [0, 0.05) is 37.8 Å². The molecule has 1 saturated carbocycles. The van der Waals surface area contributed by atoms with Gasteiger partial charge in [0.1, 0.15) is 18.8 Å². The standard InChI is InChI=1S/C42H53N5O4/c1-42(2,3)51-41(48)44-34-15-17-35(18-16-34)46(4)28-31-23-25-47(26-24-31)36-19-21-38(43-27-36)37-20-22-39(49-29-32-11-7-5-8-12-32)45-40(37)50-30-33-13-9-6-10-14-33/h5-14,19-22,27,31,34-35H,15-18,23-26,28-30H2,1-4H3,(H,44,48). The molecule has 1 aliphatic heterocycles. The van der Waals surface area contributed by atoms with Gasteiger partial charge in [0.2, 0.25) is 11.8 Å². The average Bonchev–Trinajstić information content (AvgIpc) is 3.14. The zero-order valence-electron chi connectivity index (χ0n) is 30.6. The molecule has 9 nitrogen and oxygen atoms in total. The number of nitrogens with zero attached hydrogens (tertiary/aromatic N) is 4. The number of alkyl carbamates (subject to hydrolysis) is 1. The Bertz CT molecular complexity index is 1660. The number of hydrogen-bond donors (Lipinski definition) is 1. The summed E-state index contributed by atoms with van der Waals surface area (Å²) in [5, 5.41) is 3.07. The number of hydrogen-bond acceptors (Lipinski definition) is 8. The average molecular weight is 692 g/mol. The molecule has 2 aromatic carbocycles. The summed E-state index contributed by atoms with van der Waals surface area (Å²) >= 11 is 0. The first kappa shape index (κ1) is 36.2. The van der Waals surface area contributed by atoms with Crippen LogP contribution in [0.1, 0.15) is 70.4 Å². The number of carbonyl (C=O) groups is 1. The molecule has 0 radical (unpaired) electrons. The van der Waals surface area contributed by atoms with E-state index in [0.29, 0.717) is 36.9 Å². The Kier molecular flexibility index (Phi) is 12.1. The summed E-state index contributed by atoms with van der Waals surface area (Å²) in [5.41, 5.74) is 4.47. The molecule has 6 rings (SSSR count). The van der Waals surface area contributed by atoms with E-state index < -0.39 is 5.60 Å². The lowest BCUT2D eigenvalue weighted by atomic mass is 9.89. The van der Waals surface area contributed by atoms with Gasteiger partial charge in [-0.15, -0.1) is 0 Å². The third kappa shape index (κ3) is 10.7. The molecule has 0 unspecified atom stereocenters. The first-order valence-electron chi connectivity index (χ1n) is 18.4. The van der Waals surface area contributed by atoms with E-state index >= 15 is 0 Å². The van der Waals surface area contributed by atoms with Crippen molar-refractivity contribution in [3.63, 3.8) is 0 Å². The number of ether oxygens (including phenoxy) is 3. The molecular weight excluding hydrogens is 638 g/mol. The van der Waals surface area contributed by atoms with E-state index in [0.717, 1.165) is 86.2 Å². The molecule has 2 aromatic heterocycles. The third-order valence-corrected chi connectivity index (χ3v) is 9.87. The molecule has 1 aliphatic carbocycles. The fourth-order valence-corrected chi connectivity index (χ4v) is 7.06. The maximum absolute atomic E-state index is 12.2. The highest BCUT2D eigenvalue weighted by Gasteiger charge is 2.29. The Morgan fingerprint density at radius 3 is 2.08 bits per heavy atom. The highest BCUT2D eigenvalue weighted by Crippen LogP contribution is 2.32. The van der Waals surface area contributed by atoms with Crippen molar-refractivity contribution in [2.45, 2.75) is 90.2 Å². The number of amides is 1. The molecule has 2 fully saturated rings. The van der Waals surface area contributed by atoms with Crippen molar-refractivity contribution in [1.29, 1.82) is 0 Å². The molecule has 1 saturated heterocycles. The van der Waals surface area contributed by atoms with Gasteiger partial charge in [-0.2, -0.15) is 4.98 Å². The van der Waals surface area contributed by atoms with E-state index in [1.165, 1.54) is 0 Å². The summed E-state index contributed by atoms with van der Waals surface area (Å²) in [6.07, 6.45) is 8.20. The van der Waals surface area contributed by atoms with E-state index in [9.17, 15) is 4.79 Å². The third-order valence-electron chi connectivity index (χ3n) is 9.87. The Labute approximate surface area is 303 Å². The predicted octanol–water partition coefficient (Wildman–Crippen LogP) is 8.29. The Morgan fingerprint density at radius 2 is 1.47 bits per heavy atom.